The van der Waals surface area contributed by atoms with Crippen LogP contribution in [0.3, 0.4) is 0 Å². The highest BCUT2D eigenvalue weighted by Gasteiger charge is 2.25. The quantitative estimate of drug-likeness (QED) is 0.844. The predicted molar refractivity (Wildman–Crippen MR) is 62.6 cm³/mol. The lowest BCUT2D eigenvalue weighted by Crippen LogP contribution is -2.17. The number of fused-ring (bicyclic) bond motifs is 1. The van der Waals surface area contributed by atoms with Gasteiger partial charge in [0.15, 0.2) is 11.5 Å². The monoisotopic (exact) mass is 298 g/mol. The third kappa shape index (κ3) is 2.70. The number of rotatable bonds is 2. The average Bonchev–Trinajstić information content (AvgIpc) is 2.23. The maximum Gasteiger partial charge on any atom is 0.237 e. The Bertz CT molecular complexity index is 555. The van der Waals surface area contributed by atoms with Crippen molar-refractivity contribution in [2.75, 3.05) is 13.2 Å². The molecule has 0 saturated carbocycles. The lowest BCUT2D eigenvalue weighted by Gasteiger charge is -2.22. The predicted octanol–water partition coefficient (Wildman–Crippen LogP) is 1.89. The first-order chi connectivity index (χ1) is 7.88. The van der Waals surface area contributed by atoms with E-state index in [1.165, 1.54) is 6.07 Å². The summed E-state index contributed by atoms with van der Waals surface area (Å²) in [5.41, 5.74) is 0.0159. The zero-order valence-corrected chi connectivity index (χ0v) is 10.8. The van der Waals surface area contributed by atoms with Crippen LogP contribution in [0.15, 0.2) is 6.07 Å². The van der Waals surface area contributed by atoms with Crippen molar-refractivity contribution in [3.8, 4) is 17.2 Å². The van der Waals surface area contributed by atoms with Gasteiger partial charge in [-0.1, -0.05) is 11.6 Å². The molecule has 0 aromatic heterocycles. The number of aromatic hydroxyl groups is 1. The number of ether oxygens (including phenoxy) is 2. The van der Waals surface area contributed by atoms with E-state index in [0.717, 1.165) is 0 Å². The number of benzene rings is 1. The zero-order chi connectivity index (χ0) is 12.6. The highest BCUT2D eigenvalue weighted by atomic mass is 35.7. The van der Waals surface area contributed by atoms with Gasteiger partial charge in [0.05, 0.1) is 16.3 Å². The van der Waals surface area contributed by atoms with Gasteiger partial charge in [0, 0.05) is 16.7 Å². The van der Waals surface area contributed by atoms with Crippen LogP contribution in [0.4, 0.5) is 0 Å². The largest absolute Gasteiger partial charge is 0.506 e. The summed E-state index contributed by atoms with van der Waals surface area (Å²) in [5, 5.41) is 9.72. The summed E-state index contributed by atoms with van der Waals surface area (Å²) in [6.07, 6.45) is 0. The Labute approximate surface area is 107 Å². The number of phenols is 1. The van der Waals surface area contributed by atoms with Crippen molar-refractivity contribution in [1.82, 2.24) is 0 Å². The van der Waals surface area contributed by atoms with Crippen molar-refractivity contribution < 1.29 is 23.0 Å². The molecule has 94 valence electrons. The number of phenolic OH excluding ortho intramolecular Hbond substituents is 1. The molecule has 8 heteroatoms. The van der Waals surface area contributed by atoms with Crippen LogP contribution < -0.4 is 9.47 Å². The molecule has 0 unspecified atom stereocenters. The molecule has 1 N–H and O–H groups in total. The number of hydrogen-bond acceptors (Lipinski definition) is 5. The molecule has 2 rings (SSSR count). The molecule has 0 radical (unpaired) electrons. The van der Waals surface area contributed by atoms with Crippen LogP contribution >= 0.6 is 22.3 Å². The van der Waals surface area contributed by atoms with Gasteiger partial charge in [0.1, 0.15) is 19.0 Å². The molecule has 0 aliphatic carbocycles. The summed E-state index contributed by atoms with van der Waals surface area (Å²) < 4.78 is 32.7. The van der Waals surface area contributed by atoms with E-state index in [9.17, 15) is 13.5 Å². The van der Waals surface area contributed by atoms with Crippen LogP contribution in [0, 0.1) is 0 Å². The van der Waals surface area contributed by atoms with Gasteiger partial charge in [-0.3, -0.25) is 0 Å². The van der Waals surface area contributed by atoms with Gasteiger partial charge in [0.2, 0.25) is 9.05 Å². The molecule has 1 aromatic carbocycles. The maximum atomic E-state index is 11.1. The molecule has 5 nitrogen and oxygen atoms in total. The molecular formula is C9H8Cl2O5S. The zero-order valence-electron chi connectivity index (χ0n) is 8.44. The van der Waals surface area contributed by atoms with Crippen molar-refractivity contribution in [2.24, 2.45) is 0 Å². The molecule has 1 aromatic rings. The molecule has 0 amide bonds. The lowest BCUT2D eigenvalue weighted by molar-refractivity contribution is 0.169. The van der Waals surface area contributed by atoms with Crippen molar-refractivity contribution in [3.05, 3.63) is 16.7 Å². The van der Waals surface area contributed by atoms with Crippen LogP contribution in [0.2, 0.25) is 5.02 Å². The van der Waals surface area contributed by atoms with Crippen LogP contribution in [0.5, 0.6) is 17.2 Å². The Morgan fingerprint density at radius 3 is 2.65 bits per heavy atom. The van der Waals surface area contributed by atoms with Crippen molar-refractivity contribution in [2.45, 2.75) is 5.75 Å². The highest BCUT2D eigenvalue weighted by molar-refractivity contribution is 8.13. The first kappa shape index (κ1) is 12.6. The Kier molecular flexibility index (Phi) is 3.29. The number of hydrogen-bond donors (Lipinski definition) is 1. The Hall–Kier alpha value is -0.850. The van der Waals surface area contributed by atoms with Crippen molar-refractivity contribution >= 4 is 31.3 Å². The molecule has 0 atom stereocenters. The minimum absolute atomic E-state index is 0.00966. The number of halogens is 2. The van der Waals surface area contributed by atoms with Crippen LogP contribution in [-0.2, 0) is 14.8 Å². The van der Waals surface area contributed by atoms with E-state index in [2.05, 4.69) is 0 Å². The molecule has 1 aliphatic heterocycles. The van der Waals surface area contributed by atoms with Crippen molar-refractivity contribution in [1.29, 1.82) is 0 Å². The van der Waals surface area contributed by atoms with Crippen LogP contribution in [0.1, 0.15) is 5.56 Å². The molecule has 17 heavy (non-hydrogen) atoms. The summed E-state index contributed by atoms with van der Waals surface area (Å²) in [6.45, 7) is 0.602. The fraction of sp³-hybridized carbons (Fsp3) is 0.333. The van der Waals surface area contributed by atoms with Gasteiger partial charge in [-0.2, -0.15) is 0 Å². The maximum absolute atomic E-state index is 11.1. The first-order valence-corrected chi connectivity index (χ1v) is 7.46. The Morgan fingerprint density at radius 1 is 1.35 bits per heavy atom. The van der Waals surface area contributed by atoms with E-state index in [1.54, 1.807) is 0 Å². The summed E-state index contributed by atoms with van der Waals surface area (Å²) in [4.78, 5) is 0. The van der Waals surface area contributed by atoms with E-state index in [4.69, 9.17) is 31.8 Å². The second-order valence-electron chi connectivity index (χ2n) is 3.39. The van der Waals surface area contributed by atoms with Crippen LogP contribution in [-0.4, -0.2) is 26.7 Å². The van der Waals surface area contributed by atoms with Crippen molar-refractivity contribution in [3.63, 3.8) is 0 Å². The van der Waals surface area contributed by atoms with Gasteiger partial charge < -0.3 is 14.6 Å². The second kappa shape index (κ2) is 4.44. The van der Waals surface area contributed by atoms with E-state index >= 15 is 0 Å². The highest BCUT2D eigenvalue weighted by Crippen LogP contribution is 2.44. The average molecular weight is 299 g/mol. The summed E-state index contributed by atoms with van der Waals surface area (Å²) >= 11 is 5.76. The summed E-state index contributed by atoms with van der Waals surface area (Å²) in [7, 11) is 1.32. The fourth-order valence-electron chi connectivity index (χ4n) is 1.52. The molecule has 1 aliphatic rings. The molecule has 0 bridgehead atoms. The molecule has 0 spiro atoms. The van der Waals surface area contributed by atoms with Gasteiger partial charge in [-0.25, -0.2) is 8.42 Å². The smallest absolute Gasteiger partial charge is 0.237 e. The topological polar surface area (TPSA) is 72.8 Å². The minimum Gasteiger partial charge on any atom is -0.506 e. The SMILES string of the molecule is O=S(=O)(Cl)Cc1c(O)c(Cl)cc2c1OCCO2. The Morgan fingerprint density at radius 2 is 2.00 bits per heavy atom. The standard InChI is InChI=1S/C9H8Cl2O5S/c10-6-3-7-9(16-2-1-15-7)5(8(6)12)4-17(11,13)14/h3,12H,1-2,4H2. The van der Waals surface area contributed by atoms with E-state index in [-0.39, 0.29) is 28.7 Å². The minimum atomic E-state index is -3.83. The van der Waals surface area contributed by atoms with Gasteiger partial charge >= 0.3 is 0 Å². The van der Waals surface area contributed by atoms with E-state index in [1.807, 2.05) is 0 Å². The molecule has 1 heterocycles. The van der Waals surface area contributed by atoms with E-state index in [0.29, 0.717) is 12.4 Å². The normalized spacial score (nSPS) is 14.7. The molecule has 0 saturated heterocycles. The Balaban J connectivity index is 2.58. The van der Waals surface area contributed by atoms with Gasteiger partial charge in [-0.05, 0) is 0 Å². The fourth-order valence-corrected chi connectivity index (χ4v) is 2.67. The first-order valence-electron chi connectivity index (χ1n) is 4.61. The van der Waals surface area contributed by atoms with E-state index < -0.39 is 14.8 Å². The van der Waals surface area contributed by atoms with Crippen LogP contribution in [0.25, 0.3) is 0 Å². The lowest BCUT2D eigenvalue weighted by atomic mass is 10.1. The third-order valence-electron chi connectivity index (χ3n) is 2.17. The molecular weight excluding hydrogens is 291 g/mol. The van der Waals surface area contributed by atoms with Gasteiger partial charge in [-0.15, -0.1) is 0 Å². The third-order valence-corrected chi connectivity index (χ3v) is 3.42. The second-order valence-corrected chi connectivity index (χ2v) is 6.58. The van der Waals surface area contributed by atoms with Gasteiger partial charge in [0.25, 0.3) is 0 Å². The molecule has 0 fully saturated rings. The summed E-state index contributed by atoms with van der Waals surface area (Å²) in [5.74, 6) is -0.469. The summed E-state index contributed by atoms with van der Waals surface area (Å²) in [6, 6.07) is 1.37.